The molecule has 0 atom stereocenters. The Hall–Kier alpha value is -2.74. The van der Waals surface area contributed by atoms with E-state index in [1.807, 2.05) is 13.8 Å². The summed E-state index contributed by atoms with van der Waals surface area (Å²) in [6.07, 6.45) is 0.457. The van der Waals surface area contributed by atoms with Crippen LogP contribution in [-0.4, -0.2) is 40.5 Å². The lowest BCUT2D eigenvalue weighted by Gasteiger charge is -2.09. The van der Waals surface area contributed by atoms with E-state index in [-0.39, 0.29) is 23.6 Å². The highest BCUT2D eigenvalue weighted by atomic mass is 32.1. The third kappa shape index (κ3) is 5.39. The maximum absolute atomic E-state index is 12.1. The molecule has 1 heterocycles. The smallest absolute Gasteiger partial charge is 0.355 e. The van der Waals surface area contributed by atoms with Gasteiger partial charge in [-0.3, -0.25) is 9.59 Å². The van der Waals surface area contributed by atoms with Gasteiger partial charge in [-0.25, -0.2) is 9.78 Å². The zero-order valence-corrected chi connectivity index (χ0v) is 14.7. The van der Waals surface area contributed by atoms with E-state index in [1.165, 1.54) is 16.7 Å². The minimum atomic E-state index is -1.06. The molecule has 2 rings (SSSR count). The second-order valence-corrected chi connectivity index (χ2v) is 6.59. The van der Waals surface area contributed by atoms with Gasteiger partial charge in [-0.05, 0) is 38.1 Å². The van der Waals surface area contributed by atoms with E-state index in [1.54, 1.807) is 24.3 Å². The Morgan fingerprint density at radius 2 is 1.72 bits per heavy atom. The van der Waals surface area contributed by atoms with E-state index in [0.717, 1.165) is 0 Å². The van der Waals surface area contributed by atoms with E-state index in [0.29, 0.717) is 29.1 Å². The number of nitrogens with one attached hydrogen (secondary N) is 2. The monoisotopic (exact) mass is 361 g/mol. The van der Waals surface area contributed by atoms with E-state index in [4.69, 9.17) is 5.11 Å². The summed E-state index contributed by atoms with van der Waals surface area (Å²) in [7, 11) is 0. The van der Waals surface area contributed by atoms with Gasteiger partial charge in [0.2, 0.25) is 0 Å². The molecule has 8 heteroatoms. The Morgan fingerprint density at radius 3 is 2.24 bits per heavy atom. The van der Waals surface area contributed by atoms with Gasteiger partial charge in [-0.2, -0.15) is 0 Å². The third-order valence-electron chi connectivity index (χ3n) is 3.22. The zero-order valence-electron chi connectivity index (χ0n) is 13.9. The van der Waals surface area contributed by atoms with Crippen molar-refractivity contribution in [3.63, 3.8) is 0 Å². The van der Waals surface area contributed by atoms with Gasteiger partial charge in [-0.15, -0.1) is 11.3 Å². The lowest BCUT2D eigenvalue weighted by atomic mass is 10.1. The second kappa shape index (κ2) is 8.39. The molecule has 2 amide bonds. The maximum Gasteiger partial charge on any atom is 0.355 e. The van der Waals surface area contributed by atoms with Crippen LogP contribution >= 0.6 is 11.3 Å². The van der Waals surface area contributed by atoms with Crippen molar-refractivity contribution in [2.24, 2.45) is 0 Å². The van der Waals surface area contributed by atoms with Crippen LogP contribution in [0.25, 0.3) is 0 Å². The average Bonchev–Trinajstić information content (AvgIpc) is 3.03. The number of thiazole rings is 1. The van der Waals surface area contributed by atoms with E-state index in [2.05, 4.69) is 15.6 Å². The Labute approximate surface area is 149 Å². The van der Waals surface area contributed by atoms with Gasteiger partial charge < -0.3 is 15.7 Å². The highest BCUT2D eigenvalue weighted by molar-refractivity contribution is 7.09. The molecule has 2 aromatic rings. The second-order valence-electron chi connectivity index (χ2n) is 5.64. The van der Waals surface area contributed by atoms with Crippen molar-refractivity contribution in [3.8, 4) is 0 Å². The number of carboxylic acids is 1. The predicted octanol–water partition coefficient (Wildman–Crippen LogP) is 1.95. The lowest BCUT2D eigenvalue weighted by molar-refractivity contribution is 0.0690. The number of carbonyl (C=O) groups is 3. The van der Waals surface area contributed by atoms with Gasteiger partial charge in [0.05, 0.1) is 5.01 Å². The Kier molecular flexibility index (Phi) is 6.24. The first-order chi connectivity index (χ1) is 11.9. The molecule has 1 aromatic heterocycles. The molecule has 0 radical (unpaired) electrons. The van der Waals surface area contributed by atoms with Crippen LogP contribution in [0, 0.1) is 0 Å². The van der Waals surface area contributed by atoms with Gasteiger partial charge in [0, 0.05) is 35.5 Å². The number of hydrogen-bond acceptors (Lipinski definition) is 5. The van der Waals surface area contributed by atoms with Gasteiger partial charge >= 0.3 is 5.97 Å². The molecule has 0 saturated heterocycles. The topological polar surface area (TPSA) is 108 Å². The summed E-state index contributed by atoms with van der Waals surface area (Å²) in [4.78, 5) is 38.7. The van der Waals surface area contributed by atoms with Crippen LogP contribution in [0.3, 0.4) is 0 Å². The van der Waals surface area contributed by atoms with Crippen molar-refractivity contribution in [2.45, 2.75) is 26.3 Å². The van der Waals surface area contributed by atoms with Crippen molar-refractivity contribution in [1.82, 2.24) is 15.6 Å². The largest absolute Gasteiger partial charge is 0.476 e. The molecule has 0 aliphatic carbocycles. The van der Waals surface area contributed by atoms with Crippen molar-refractivity contribution < 1.29 is 19.5 Å². The standard InChI is InChI=1S/C17H19N3O4S/c1-10(2)19-16(22)12-5-3-11(4-6-12)15(21)18-8-7-14-20-13(9-25-14)17(23)24/h3-6,9-10H,7-8H2,1-2H3,(H,18,21)(H,19,22)(H,23,24). The van der Waals surface area contributed by atoms with Crippen molar-refractivity contribution in [2.75, 3.05) is 6.54 Å². The summed E-state index contributed by atoms with van der Waals surface area (Å²) in [5, 5.41) is 16.5. The van der Waals surface area contributed by atoms with Gasteiger partial charge in [0.25, 0.3) is 11.8 Å². The highest BCUT2D eigenvalue weighted by Gasteiger charge is 2.11. The highest BCUT2D eigenvalue weighted by Crippen LogP contribution is 2.10. The van der Waals surface area contributed by atoms with Crippen LogP contribution in [0.15, 0.2) is 29.6 Å². The molecule has 7 nitrogen and oxygen atoms in total. The fraction of sp³-hybridized carbons (Fsp3) is 0.294. The molecule has 0 saturated carbocycles. The van der Waals surface area contributed by atoms with Crippen LogP contribution in [0.2, 0.25) is 0 Å². The SMILES string of the molecule is CC(C)NC(=O)c1ccc(C(=O)NCCc2nc(C(=O)O)cs2)cc1. The first kappa shape index (κ1) is 18.6. The summed E-state index contributed by atoms with van der Waals surface area (Å²) in [6.45, 7) is 4.10. The quantitative estimate of drug-likeness (QED) is 0.698. The summed E-state index contributed by atoms with van der Waals surface area (Å²) in [5.41, 5.74) is 0.960. The summed E-state index contributed by atoms with van der Waals surface area (Å²) in [6, 6.07) is 6.44. The molecule has 132 valence electrons. The average molecular weight is 361 g/mol. The van der Waals surface area contributed by atoms with Crippen LogP contribution in [0.4, 0.5) is 0 Å². The number of benzene rings is 1. The molecule has 0 fully saturated rings. The first-order valence-corrected chi connectivity index (χ1v) is 8.61. The Bertz CT molecular complexity index is 768. The van der Waals surface area contributed by atoms with Crippen molar-refractivity contribution in [3.05, 3.63) is 51.5 Å². The first-order valence-electron chi connectivity index (χ1n) is 7.73. The van der Waals surface area contributed by atoms with Crippen molar-refractivity contribution >= 4 is 29.1 Å². The number of hydrogen-bond donors (Lipinski definition) is 3. The van der Waals surface area contributed by atoms with Crippen LogP contribution in [-0.2, 0) is 6.42 Å². The normalized spacial score (nSPS) is 10.5. The summed E-state index contributed by atoms with van der Waals surface area (Å²) in [5.74, 6) is -1.50. The van der Waals surface area contributed by atoms with Gasteiger partial charge in [0.1, 0.15) is 0 Å². The van der Waals surface area contributed by atoms with Gasteiger partial charge in [-0.1, -0.05) is 0 Å². The number of nitrogens with zero attached hydrogens (tertiary/aromatic N) is 1. The van der Waals surface area contributed by atoms with E-state index >= 15 is 0 Å². The molecule has 0 aliphatic rings. The Balaban J connectivity index is 1.86. The predicted molar refractivity (Wildman–Crippen MR) is 94.2 cm³/mol. The molecule has 25 heavy (non-hydrogen) atoms. The number of aromatic nitrogens is 1. The molecule has 0 unspecified atom stereocenters. The molecule has 0 bridgehead atoms. The van der Waals surface area contributed by atoms with Gasteiger partial charge in [0.15, 0.2) is 5.69 Å². The van der Waals surface area contributed by atoms with Crippen LogP contribution in [0.1, 0.15) is 50.1 Å². The minimum absolute atomic E-state index is 0.0154. The fourth-order valence-corrected chi connectivity index (χ4v) is 2.80. The minimum Gasteiger partial charge on any atom is -0.476 e. The molecule has 1 aromatic carbocycles. The summed E-state index contributed by atoms with van der Waals surface area (Å²) >= 11 is 1.25. The number of carbonyl (C=O) groups excluding carboxylic acids is 2. The zero-order chi connectivity index (χ0) is 18.4. The van der Waals surface area contributed by atoms with Crippen LogP contribution in [0.5, 0.6) is 0 Å². The summed E-state index contributed by atoms with van der Waals surface area (Å²) < 4.78 is 0. The molecular formula is C17H19N3O4S. The Morgan fingerprint density at radius 1 is 1.12 bits per heavy atom. The third-order valence-corrected chi connectivity index (χ3v) is 4.13. The lowest BCUT2D eigenvalue weighted by Crippen LogP contribution is -2.30. The number of amides is 2. The fourth-order valence-electron chi connectivity index (χ4n) is 2.03. The van der Waals surface area contributed by atoms with E-state index in [9.17, 15) is 14.4 Å². The van der Waals surface area contributed by atoms with Crippen LogP contribution < -0.4 is 10.6 Å². The van der Waals surface area contributed by atoms with Crippen molar-refractivity contribution in [1.29, 1.82) is 0 Å². The number of aromatic carboxylic acids is 1. The molecule has 0 spiro atoms. The molecular weight excluding hydrogens is 342 g/mol. The molecule has 3 N–H and O–H groups in total. The van der Waals surface area contributed by atoms with E-state index < -0.39 is 5.97 Å². The number of rotatable bonds is 7. The number of carboxylic acid groups (broad SMARTS) is 1. The molecule has 0 aliphatic heterocycles. The maximum atomic E-state index is 12.1.